The molecule has 2 N–H and O–H groups in total. The van der Waals surface area contributed by atoms with Crippen molar-refractivity contribution in [3.8, 4) is 0 Å². The molecule has 0 aliphatic carbocycles. The first kappa shape index (κ1) is 12.8. The van der Waals surface area contributed by atoms with Gasteiger partial charge in [0.1, 0.15) is 12.1 Å². The Morgan fingerprint density at radius 3 is 2.81 bits per heavy atom. The maximum atomic E-state index is 11.6. The van der Waals surface area contributed by atoms with E-state index in [2.05, 4.69) is 28.0 Å². The van der Waals surface area contributed by atoms with Crippen molar-refractivity contribution in [2.75, 3.05) is 12.9 Å². The van der Waals surface area contributed by atoms with Gasteiger partial charge in [-0.25, -0.2) is 4.79 Å². The summed E-state index contributed by atoms with van der Waals surface area (Å²) in [7, 11) is 1.24. The summed E-state index contributed by atoms with van der Waals surface area (Å²) in [6.07, 6.45) is 0.785. The van der Waals surface area contributed by atoms with Crippen LogP contribution in [-0.4, -0.2) is 42.7 Å². The summed E-state index contributed by atoms with van der Waals surface area (Å²) in [4.78, 5) is 33.7. The summed E-state index contributed by atoms with van der Waals surface area (Å²) >= 11 is 3.94. The van der Waals surface area contributed by atoms with Gasteiger partial charge in [-0.3, -0.25) is 9.59 Å². The van der Waals surface area contributed by atoms with E-state index in [4.69, 9.17) is 0 Å². The molecule has 1 rings (SSSR count). The van der Waals surface area contributed by atoms with Crippen LogP contribution in [0.1, 0.15) is 12.8 Å². The molecule has 0 unspecified atom stereocenters. The van der Waals surface area contributed by atoms with E-state index < -0.39 is 18.1 Å². The second kappa shape index (κ2) is 5.74. The number of esters is 1. The van der Waals surface area contributed by atoms with Crippen LogP contribution in [0, 0.1) is 0 Å². The molecule has 7 heteroatoms. The lowest BCUT2D eigenvalue weighted by molar-refractivity contribution is -0.144. The van der Waals surface area contributed by atoms with Crippen molar-refractivity contribution < 1.29 is 19.1 Å². The molecule has 0 aromatic rings. The van der Waals surface area contributed by atoms with Gasteiger partial charge in [-0.15, -0.1) is 0 Å². The minimum absolute atomic E-state index is 0.152. The highest BCUT2D eigenvalue weighted by atomic mass is 32.1. The molecule has 6 nitrogen and oxygen atoms in total. The van der Waals surface area contributed by atoms with Gasteiger partial charge >= 0.3 is 5.97 Å². The van der Waals surface area contributed by atoms with Crippen molar-refractivity contribution in [3.63, 3.8) is 0 Å². The number of carbonyl (C=O) groups is 3. The average molecular weight is 246 g/mol. The third kappa shape index (κ3) is 3.13. The number of rotatable bonds is 4. The Morgan fingerprint density at radius 1 is 1.69 bits per heavy atom. The molecule has 1 saturated heterocycles. The Bertz CT molecular complexity index is 308. The van der Waals surface area contributed by atoms with E-state index in [0.717, 1.165) is 0 Å². The second-order valence-corrected chi connectivity index (χ2v) is 3.79. The van der Waals surface area contributed by atoms with Crippen molar-refractivity contribution >= 4 is 30.4 Å². The third-order valence-corrected chi connectivity index (χ3v) is 2.66. The lowest BCUT2D eigenvalue weighted by Gasteiger charge is -2.16. The SMILES string of the molecule is COC(=O)[C@H](CS)NC(=O)[C@@H]1CCC(=O)N1. The second-order valence-electron chi connectivity index (χ2n) is 3.43. The predicted molar refractivity (Wildman–Crippen MR) is 59.0 cm³/mol. The van der Waals surface area contributed by atoms with Gasteiger partial charge < -0.3 is 15.4 Å². The summed E-state index contributed by atoms with van der Waals surface area (Å²) in [5.74, 6) is -0.928. The number of nitrogens with one attached hydrogen (secondary N) is 2. The Hall–Kier alpha value is -1.24. The zero-order valence-corrected chi connectivity index (χ0v) is 9.75. The van der Waals surface area contributed by atoms with E-state index >= 15 is 0 Å². The quantitative estimate of drug-likeness (QED) is 0.432. The average Bonchev–Trinajstić information content (AvgIpc) is 2.71. The summed E-state index contributed by atoms with van der Waals surface area (Å²) < 4.78 is 4.50. The summed E-state index contributed by atoms with van der Waals surface area (Å²) in [6, 6.07) is -1.34. The lowest BCUT2D eigenvalue weighted by Crippen LogP contribution is -2.49. The fourth-order valence-corrected chi connectivity index (χ4v) is 1.64. The molecule has 0 bridgehead atoms. The smallest absolute Gasteiger partial charge is 0.329 e. The molecule has 1 aliphatic heterocycles. The topological polar surface area (TPSA) is 84.5 Å². The summed E-state index contributed by atoms with van der Waals surface area (Å²) in [6.45, 7) is 0. The van der Waals surface area contributed by atoms with Gasteiger partial charge in [0.05, 0.1) is 7.11 Å². The maximum Gasteiger partial charge on any atom is 0.329 e. The van der Waals surface area contributed by atoms with Gasteiger partial charge in [0.2, 0.25) is 11.8 Å². The fourth-order valence-electron chi connectivity index (χ4n) is 1.40. The highest BCUT2D eigenvalue weighted by molar-refractivity contribution is 7.80. The van der Waals surface area contributed by atoms with Crippen LogP contribution >= 0.6 is 12.6 Å². The Kier molecular flexibility index (Phi) is 4.60. The minimum Gasteiger partial charge on any atom is -0.467 e. The number of ether oxygens (including phenoxy) is 1. The highest BCUT2D eigenvalue weighted by Gasteiger charge is 2.30. The van der Waals surface area contributed by atoms with E-state index in [1.54, 1.807) is 0 Å². The molecule has 0 spiro atoms. The molecule has 90 valence electrons. The van der Waals surface area contributed by atoms with Crippen LogP contribution in [0.25, 0.3) is 0 Å². The number of thiol groups is 1. The first-order valence-electron chi connectivity index (χ1n) is 4.87. The molecule has 2 atom stereocenters. The van der Waals surface area contributed by atoms with Crippen LogP contribution in [0.15, 0.2) is 0 Å². The van der Waals surface area contributed by atoms with Crippen LogP contribution in [0.5, 0.6) is 0 Å². The third-order valence-electron chi connectivity index (χ3n) is 2.30. The van der Waals surface area contributed by atoms with Gasteiger partial charge in [-0.05, 0) is 6.42 Å². The Labute approximate surface area is 98.5 Å². The maximum absolute atomic E-state index is 11.6. The van der Waals surface area contributed by atoms with Crippen molar-refractivity contribution in [1.82, 2.24) is 10.6 Å². The normalized spacial score (nSPS) is 21.1. The van der Waals surface area contributed by atoms with E-state index in [9.17, 15) is 14.4 Å². The van der Waals surface area contributed by atoms with Crippen LogP contribution in [0.2, 0.25) is 0 Å². The van der Waals surface area contributed by atoms with Gasteiger partial charge in [-0.2, -0.15) is 12.6 Å². The van der Waals surface area contributed by atoms with E-state index in [-0.39, 0.29) is 17.6 Å². The van der Waals surface area contributed by atoms with Crippen LogP contribution in [0.4, 0.5) is 0 Å². The van der Waals surface area contributed by atoms with Crippen molar-refractivity contribution in [2.45, 2.75) is 24.9 Å². The summed E-state index contributed by atoms with van der Waals surface area (Å²) in [5.41, 5.74) is 0. The highest BCUT2D eigenvalue weighted by Crippen LogP contribution is 2.07. The molecule has 0 aromatic heterocycles. The van der Waals surface area contributed by atoms with Crippen LogP contribution in [-0.2, 0) is 19.1 Å². The molecule has 0 aromatic carbocycles. The molecule has 1 aliphatic rings. The Morgan fingerprint density at radius 2 is 2.38 bits per heavy atom. The van der Waals surface area contributed by atoms with Crippen molar-refractivity contribution in [2.24, 2.45) is 0 Å². The molecule has 0 radical (unpaired) electrons. The zero-order chi connectivity index (χ0) is 12.1. The number of methoxy groups -OCH3 is 1. The fraction of sp³-hybridized carbons (Fsp3) is 0.667. The van der Waals surface area contributed by atoms with Crippen LogP contribution in [0.3, 0.4) is 0 Å². The van der Waals surface area contributed by atoms with Crippen molar-refractivity contribution in [1.29, 1.82) is 0 Å². The van der Waals surface area contributed by atoms with Gasteiger partial charge in [0, 0.05) is 12.2 Å². The molecule has 2 amide bonds. The lowest BCUT2D eigenvalue weighted by atomic mass is 10.2. The van der Waals surface area contributed by atoms with Gasteiger partial charge in [0.25, 0.3) is 0 Å². The number of amides is 2. The van der Waals surface area contributed by atoms with E-state index in [0.29, 0.717) is 12.8 Å². The monoisotopic (exact) mass is 246 g/mol. The zero-order valence-electron chi connectivity index (χ0n) is 8.86. The molecular weight excluding hydrogens is 232 g/mol. The first-order valence-corrected chi connectivity index (χ1v) is 5.50. The number of hydrogen-bond donors (Lipinski definition) is 3. The standard InChI is InChI=1S/C9H14N2O4S/c1-15-9(14)6(4-16)11-8(13)5-2-3-7(12)10-5/h5-6,16H,2-4H2,1H3,(H,10,12)(H,11,13)/t5-,6-/m0/s1. The number of carbonyl (C=O) groups excluding carboxylic acids is 3. The minimum atomic E-state index is -0.779. The molecular formula is C9H14N2O4S. The molecule has 1 fully saturated rings. The van der Waals surface area contributed by atoms with E-state index in [1.807, 2.05) is 0 Å². The van der Waals surface area contributed by atoms with E-state index in [1.165, 1.54) is 7.11 Å². The van der Waals surface area contributed by atoms with Crippen LogP contribution < -0.4 is 10.6 Å². The predicted octanol–water partition coefficient (Wildman–Crippen LogP) is -1.15. The van der Waals surface area contributed by atoms with Gasteiger partial charge in [0.15, 0.2) is 0 Å². The summed E-state index contributed by atoms with van der Waals surface area (Å²) in [5, 5.41) is 4.99. The number of hydrogen-bond acceptors (Lipinski definition) is 5. The molecule has 0 saturated carbocycles. The van der Waals surface area contributed by atoms with Crippen molar-refractivity contribution in [3.05, 3.63) is 0 Å². The van der Waals surface area contributed by atoms with Gasteiger partial charge in [-0.1, -0.05) is 0 Å². The first-order chi connectivity index (χ1) is 7.58. The largest absolute Gasteiger partial charge is 0.467 e. The molecule has 16 heavy (non-hydrogen) atoms. The molecule has 1 heterocycles. The Balaban J connectivity index is 2.49.